The van der Waals surface area contributed by atoms with Crippen molar-refractivity contribution >= 4 is 16.8 Å². The first-order valence-corrected chi connectivity index (χ1v) is 11.0. The Hall–Kier alpha value is -3.25. The predicted octanol–water partition coefficient (Wildman–Crippen LogP) is 8.62. The van der Waals surface area contributed by atoms with Crippen LogP contribution < -0.4 is 0 Å². The zero-order chi connectivity index (χ0) is 22.5. The minimum Gasteiger partial charge on any atom is -0.206 e. The Morgan fingerprint density at radius 1 is 0.906 bits per heavy atom. The molecule has 32 heavy (non-hydrogen) atoms. The highest BCUT2D eigenvalue weighted by molar-refractivity contribution is 5.89. The lowest BCUT2D eigenvalue weighted by molar-refractivity contribution is 0.364. The van der Waals surface area contributed by atoms with Crippen molar-refractivity contribution in [3.63, 3.8) is 0 Å². The lowest BCUT2D eigenvalue weighted by Crippen LogP contribution is -2.11. The maximum Gasteiger partial charge on any atom is 0.271 e. The van der Waals surface area contributed by atoms with Crippen LogP contribution in [0.25, 0.3) is 28.0 Å². The van der Waals surface area contributed by atoms with Crippen molar-refractivity contribution in [2.75, 3.05) is 0 Å². The van der Waals surface area contributed by atoms with Crippen molar-refractivity contribution in [3.8, 4) is 23.0 Å². The second-order valence-corrected chi connectivity index (χ2v) is 8.32. The van der Waals surface area contributed by atoms with Gasteiger partial charge in [-0.2, -0.15) is 8.78 Å². The van der Waals surface area contributed by atoms with Gasteiger partial charge in [-0.25, -0.2) is 4.39 Å². The molecule has 1 aliphatic rings. The second-order valence-electron chi connectivity index (χ2n) is 8.32. The molecule has 0 nitrogen and oxygen atoms in total. The highest BCUT2D eigenvalue weighted by atomic mass is 19.3. The molecular weight excluding hydrogens is 405 g/mol. The van der Waals surface area contributed by atoms with Crippen LogP contribution in [0.1, 0.15) is 43.7 Å². The van der Waals surface area contributed by atoms with Crippen LogP contribution in [0.5, 0.6) is 0 Å². The minimum atomic E-state index is -1.91. The first kappa shape index (κ1) is 22.0. The third-order valence-corrected chi connectivity index (χ3v) is 6.12. The van der Waals surface area contributed by atoms with E-state index < -0.39 is 11.9 Å². The Kier molecular flexibility index (Phi) is 6.81. The summed E-state index contributed by atoms with van der Waals surface area (Å²) in [5, 5.41) is 1.00. The molecule has 1 aliphatic carbocycles. The number of allylic oxidation sites excluding steroid dienone is 2. The maximum absolute atomic E-state index is 14.5. The van der Waals surface area contributed by atoms with Gasteiger partial charge in [0, 0.05) is 28.5 Å². The van der Waals surface area contributed by atoms with Crippen LogP contribution in [0.15, 0.2) is 72.8 Å². The van der Waals surface area contributed by atoms with Gasteiger partial charge in [-0.15, -0.1) is 0 Å². The zero-order valence-electron chi connectivity index (χ0n) is 18.0. The molecule has 4 rings (SSSR count). The summed E-state index contributed by atoms with van der Waals surface area (Å²) in [6, 6.07) is 16.4. The molecule has 3 aromatic carbocycles. The van der Waals surface area contributed by atoms with Crippen LogP contribution in [-0.4, -0.2) is 0 Å². The van der Waals surface area contributed by atoms with E-state index in [0.29, 0.717) is 28.7 Å². The van der Waals surface area contributed by atoms with Crippen LogP contribution in [0.2, 0.25) is 0 Å². The molecule has 0 aliphatic heterocycles. The van der Waals surface area contributed by atoms with E-state index in [1.165, 1.54) is 18.9 Å². The highest BCUT2D eigenvalue weighted by Crippen LogP contribution is 2.30. The van der Waals surface area contributed by atoms with Gasteiger partial charge in [-0.1, -0.05) is 60.4 Å². The van der Waals surface area contributed by atoms with Gasteiger partial charge >= 0.3 is 0 Å². The Morgan fingerprint density at radius 2 is 1.62 bits per heavy atom. The van der Waals surface area contributed by atoms with Crippen LogP contribution in [-0.2, 0) is 0 Å². The molecular formula is C29H25F3. The number of hydrogen-bond acceptors (Lipinski definition) is 0. The first-order chi connectivity index (χ1) is 15.5. The Morgan fingerprint density at radius 3 is 2.31 bits per heavy atom. The monoisotopic (exact) mass is 430 g/mol. The molecule has 0 amide bonds. The van der Waals surface area contributed by atoms with Gasteiger partial charge in [0.25, 0.3) is 6.08 Å². The molecule has 0 saturated heterocycles. The summed E-state index contributed by atoms with van der Waals surface area (Å²) in [5.74, 6) is 7.30. The second kappa shape index (κ2) is 9.92. The lowest BCUT2D eigenvalue weighted by atomic mass is 9.82. The number of benzene rings is 3. The third kappa shape index (κ3) is 5.14. The third-order valence-electron chi connectivity index (χ3n) is 6.12. The van der Waals surface area contributed by atoms with E-state index in [9.17, 15) is 13.2 Å². The number of halogens is 3. The summed E-state index contributed by atoms with van der Waals surface area (Å²) in [7, 11) is 0. The summed E-state index contributed by atoms with van der Waals surface area (Å²) < 4.78 is 39.5. The molecule has 0 heterocycles. The summed E-state index contributed by atoms with van der Waals surface area (Å²) in [6.45, 7) is 2.08. The van der Waals surface area contributed by atoms with E-state index >= 15 is 0 Å². The topological polar surface area (TPSA) is 0 Å². The van der Waals surface area contributed by atoms with Crippen LogP contribution >= 0.6 is 0 Å². The first-order valence-electron chi connectivity index (χ1n) is 11.0. The van der Waals surface area contributed by atoms with Gasteiger partial charge in [0.2, 0.25) is 0 Å². The number of fused-ring (bicyclic) bond motifs is 1. The molecule has 0 radical (unpaired) electrons. The minimum absolute atomic E-state index is 0.108. The van der Waals surface area contributed by atoms with Gasteiger partial charge < -0.3 is 0 Å². The van der Waals surface area contributed by atoms with E-state index in [1.807, 2.05) is 36.4 Å². The fraction of sp³-hybridized carbons (Fsp3) is 0.241. The van der Waals surface area contributed by atoms with Crippen LogP contribution in [0.4, 0.5) is 13.2 Å². The Balaban J connectivity index is 1.49. The van der Waals surface area contributed by atoms with Crippen molar-refractivity contribution in [3.05, 3.63) is 89.8 Å². The summed E-state index contributed by atoms with van der Waals surface area (Å²) in [6.07, 6.45) is 7.83. The predicted molar refractivity (Wildman–Crippen MR) is 127 cm³/mol. The molecule has 0 bridgehead atoms. The Bertz CT molecular complexity index is 1210. The molecule has 3 heteroatoms. The summed E-state index contributed by atoms with van der Waals surface area (Å²) in [4.78, 5) is 0. The maximum atomic E-state index is 14.5. The molecule has 0 unspecified atom stereocenters. The van der Waals surface area contributed by atoms with Crippen molar-refractivity contribution in [1.82, 2.24) is 0 Å². The summed E-state index contributed by atoms with van der Waals surface area (Å²) >= 11 is 0. The van der Waals surface area contributed by atoms with E-state index in [-0.39, 0.29) is 5.56 Å². The standard InChI is InChI=1S/C29H25F3/c1-2-3-20-4-6-21(7-5-20)8-9-22-10-12-23(13-11-22)24-16-17-27-25(18-24)14-15-26(29(27)32)19-28(30)31/h2-3,10-21H,4-7H2,1H3/b3-2+. The molecule has 0 spiro atoms. The highest BCUT2D eigenvalue weighted by Gasteiger charge is 2.17. The van der Waals surface area contributed by atoms with Crippen molar-refractivity contribution in [2.45, 2.75) is 32.6 Å². The van der Waals surface area contributed by atoms with Gasteiger partial charge in [0.15, 0.2) is 0 Å². The average molecular weight is 431 g/mol. The molecule has 1 fully saturated rings. The zero-order valence-corrected chi connectivity index (χ0v) is 18.0. The molecule has 3 aromatic rings. The van der Waals surface area contributed by atoms with Gasteiger partial charge in [-0.05, 0) is 73.2 Å². The smallest absolute Gasteiger partial charge is 0.206 e. The fourth-order valence-electron chi connectivity index (χ4n) is 4.38. The van der Waals surface area contributed by atoms with Crippen molar-refractivity contribution in [1.29, 1.82) is 0 Å². The number of hydrogen-bond donors (Lipinski definition) is 0. The fourth-order valence-corrected chi connectivity index (χ4v) is 4.38. The number of rotatable bonds is 3. The van der Waals surface area contributed by atoms with Crippen molar-refractivity contribution < 1.29 is 13.2 Å². The Labute approximate surface area is 187 Å². The molecule has 0 atom stereocenters. The van der Waals surface area contributed by atoms with E-state index in [1.54, 1.807) is 12.1 Å². The van der Waals surface area contributed by atoms with Gasteiger partial charge in [0.1, 0.15) is 5.82 Å². The summed E-state index contributed by atoms with van der Waals surface area (Å²) in [5.41, 5.74) is 2.83. The normalized spacial score (nSPS) is 18.4. The average Bonchev–Trinajstić information content (AvgIpc) is 2.80. The molecule has 0 aromatic heterocycles. The van der Waals surface area contributed by atoms with Crippen molar-refractivity contribution in [2.24, 2.45) is 11.8 Å². The van der Waals surface area contributed by atoms with Gasteiger partial charge in [0.05, 0.1) is 0 Å². The van der Waals surface area contributed by atoms with E-state index in [2.05, 4.69) is 30.9 Å². The molecule has 0 N–H and O–H groups in total. The lowest BCUT2D eigenvalue weighted by Gasteiger charge is -2.22. The van der Waals surface area contributed by atoms with Crippen LogP contribution in [0, 0.1) is 29.5 Å². The van der Waals surface area contributed by atoms with Crippen LogP contribution in [0.3, 0.4) is 0 Å². The van der Waals surface area contributed by atoms with Gasteiger partial charge in [-0.3, -0.25) is 0 Å². The molecule has 162 valence electrons. The quantitative estimate of drug-likeness (QED) is 0.288. The SMILES string of the molecule is C/C=C/C1CCC(C#Cc2ccc(-c3ccc4c(F)c(C=C(F)F)ccc4c3)cc2)CC1. The van der Waals surface area contributed by atoms with E-state index in [4.69, 9.17) is 0 Å². The largest absolute Gasteiger partial charge is 0.271 e. The molecule has 1 saturated carbocycles. The van der Waals surface area contributed by atoms with E-state index in [0.717, 1.165) is 29.5 Å².